The van der Waals surface area contributed by atoms with Gasteiger partial charge in [0.2, 0.25) is 0 Å². The van der Waals surface area contributed by atoms with Crippen molar-refractivity contribution < 1.29 is 9.21 Å². The summed E-state index contributed by atoms with van der Waals surface area (Å²) >= 11 is 12.2. The third kappa shape index (κ3) is 4.17. The molecule has 0 spiro atoms. The van der Waals surface area contributed by atoms with Crippen LogP contribution in [-0.4, -0.2) is 36.7 Å². The summed E-state index contributed by atoms with van der Waals surface area (Å²) in [6.07, 6.45) is 3.76. The fourth-order valence-corrected chi connectivity index (χ4v) is 3.00. The molecule has 2 heterocycles. The van der Waals surface area contributed by atoms with Gasteiger partial charge in [-0.1, -0.05) is 29.3 Å². The zero-order valence-corrected chi connectivity index (χ0v) is 14.5. The van der Waals surface area contributed by atoms with E-state index in [9.17, 15) is 4.79 Å². The van der Waals surface area contributed by atoms with Crippen molar-refractivity contribution in [1.82, 2.24) is 10.3 Å². The molecule has 126 valence electrons. The largest absolute Gasteiger partial charge is 0.455 e. The molecule has 1 N–H and O–H groups in total. The number of carbonyl (C=O) groups is 1. The Balaban J connectivity index is 1.59. The average Bonchev–Trinajstić information content (AvgIpc) is 3.22. The maximum atomic E-state index is 11.8. The highest BCUT2D eigenvalue weighted by Crippen LogP contribution is 2.34. The number of nitrogens with one attached hydrogen (secondary N) is 1. The summed E-state index contributed by atoms with van der Waals surface area (Å²) in [5, 5.41) is 4.83. The number of nitrogens with zero attached hydrogens (tertiary/aromatic N) is 2. The maximum Gasteiger partial charge on any atom is 0.254 e. The van der Waals surface area contributed by atoms with E-state index in [0.717, 1.165) is 25.9 Å². The lowest BCUT2D eigenvalue weighted by molar-refractivity contribution is -0.121. The normalized spacial score (nSPS) is 15.2. The number of rotatable bonds is 5. The fraction of sp³-hybridized carbons (Fsp3) is 0.294. The van der Waals surface area contributed by atoms with Crippen LogP contribution in [0.4, 0.5) is 0 Å². The van der Waals surface area contributed by atoms with Crippen LogP contribution in [0, 0.1) is 0 Å². The van der Waals surface area contributed by atoms with Gasteiger partial charge in [0.15, 0.2) is 0 Å². The number of hydrogen-bond donors (Lipinski definition) is 1. The first-order valence-electron chi connectivity index (χ1n) is 7.72. The van der Waals surface area contributed by atoms with Crippen molar-refractivity contribution in [3.05, 3.63) is 46.1 Å². The molecule has 0 unspecified atom stereocenters. The number of halogens is 2. The zero-order chi connectivity index (χ0) is 16.9. The van der Waals surface area contributed by atoms with Crippen LogP contribution in [0.1, 0.15) is 18.6 Å². The van der Waals surface area contributed by atoms with Gasteiger partial charge in [-0.05, 0) is 50.2 Å². The van der Waals surface area contributed by atoms with E-state index in [2.05, 4.69) is 15.4 Å². The van der Waals surface area contributed by atoms with Gasteiger partial charge >= 0.3 is 0 Å². The molecule has 1 saturated heterocycles. The van der Waals surface area contributed by atoms with E-state index in [1.165, 1.54) is 6.21 Å². The third-order valence-electron chi connectivity index (χ3n) is 3.79. The molecule has 0 atom stereocenters. The standard InChI is InChI=1S/C17H17Cl2N3O2/c18-14-5-3-4-13(17(14)19)15-7-6-12(24-15)10-20-21-16(23)11-22-8-1-2-9-22/h3-7,10H,1-2,8-9,11H2,(H,21,23)/b20-10+. The van der Waals surface area contributed by atoms with Crippen LogP contribution in [0.5, 0.6) is 0 Å². The maximum absolute atomic E-state index is 11.8. The Morgan fingerprint density at radius 2 is 2.04 bits per heavy atom. The first-order valence-corrected chi connectivity index (χ1v) is 8.47. The van der Waals surface area contributed by atoms with Gasteiger partial charge in [-0.15, -0.1) is 0 Å². The zero-order valence-electron chi connectivity index (χ0n) is 13.0. The van der Waals surface area contributed by atoms with Crippen molar-refractivity contribution in [3.63, 3.8) is 0 Å². The number of amides is 1. The molecule has 0 aliphatic carbocycles. The smallest absolute Gasteiger partial charge is 0.254 e. The van der Waals surface area contributed by atoms with Crippen molar-refractivity contribution in [2.75, 3.05) is 19.6 Å². The predicted molar refractivity (Wildman–Crippen MR) is 95.6 cm³/mol. The first kappa shape index (κ1) is 17.0. The van der Waals surface area contributed by atoms with E-state index in [1.807, 2.05) is 6.07 Å². The molecule has 1 fully saturated rings. The number of hydrogen-bond acceptors (Lipinski definition) is 4. The van der Waals surface area contributed by atoms with Crippen molar-refractivity contribution in [2.45, 2.75) is 12.8 Å². The van der Waals surface area contributed by atoms with Crippen LogP contribution >= 0.6 is 23.2 Å². The number of benzene rings is 1. The van der Waals surface area contributed by atoms with Crippen LogP contribution in [0.15, 0.2) is 39.9 Å². The van der Waals surface area contributed by atoms with Crippen molar-refractivity contribution in [1.29, 1.82) is 0 Å². The summed E-state index contributed by atoms with van der Waals surface area (Å²) in [5.74, 6) is 0.979. The van der Waals surface area contributed by atoms with Gasteiger partial charge < -0.3 is 4.42 Å². The number of furan rings is 1. The van der Waals surface area contributed by atoms with E-state index in [-0.39, 0.29) is 5.91 Å². The third-order valence-corrected chi connectivity index (χ3v) is 4.61. The molecule has 1 aromatic heterocycles. The van der Waals surface area contributed by atoms with E-state index in [0.29, 0.717) is 33.7 Å². The van der Waals surface area contributed by atoms with E-state index in [1.54, 1.807) is 24.3 Å². The highest BCUT2D eigenvalue weighted by molar-refractivity contribution is 6.43. The summed E-state index contributed by atoms with van der Waals surface area (Å²) in [4.78, 5) is 13.9. The van der Waals surface area contributed by atoms with Gasteiger partial charge in [0, 0.05) is 5.56 Å². The van der Waals surface area contributed by atoms with Crippen LogP contribution in [-0.2, 0) is 4.79 Å². The van der Waals surface area contributed by atoms with Crippen molar-refractivity contribution >= 4 is 35.3 Å². The minimum Gasteiger partial charge on any atom is -0.455 e. The molecule has 1 aliphatic rings. The Hall–Kier alpha value is -1.82. The Morgan fingerprint density at radius 1 is 1.25 bits per heavy atom. The molecule has 1 amide bonds. The van der Waals surface area contributed by atoms with Crippen LogP contribution in [0.3, 0.4) is 0 Å². The number of likely N-dealkylation sites (tertiary alicyclic amines) is 1. The highest BCUT2D eigenvalue weighted by atomic mass is 35.5. The predicted octanol–water partition coefficient (Wildman–Crippen LogP) is 3.80. The molecule has 3 rings (SSSR count). The van der Waals surface area contributed by atoms with Gasteiger partial charge in [-0.2, -0.15) is 5.10 Å². The number of carbonyl (C=O) groups excluding carboxylic acids is 1. The Morgan fingerprint density at radius 3 is 2.83 bits per heavy atom. The molecule has 1 aliphatic heterocycles. The second kappa shape index (κ2) is 7.83. The molecule has 5 nitrogen and oxygen atoms in total. The van der Waals surface area contributed by atoms with Crippen molar-refractivity contribution in [3.8, 4) is 11.3 Å². The van der Waals surface area contributed by atoms with Crippen LogP contribution < -0.4 is 5.43 Å². The molecule has 7 heteroatoms. The van der Waals surface area contributed by atoms with E-state index >= 15 is 0 Å². The van der Waals surface area contributed by atoms with E-state index in [4.69, 9.17) is 27.6 Å². The summed E-state index contributed by atoms with van der Waals surface area (Å²) in [6, 6.07) is 8.88. The van der Waals surface area contributed by atoms with E-state index < -0.39 is 0 Å². The van der Waals surface area contributed by atoms with Crippen LogP contribution in [0.2, 0.25) is 10.0 Å². The average molecular weight is 366 g/mol. The Kier molecular flexibility index (Phi) is 5.56. The highest BCUT2D eigenvalue weighted by Gasteiger charge is 2.14. The number of hydrazone groups is 1. The summed E-state index contributed by atoms with van der Waals surface area (Å²) in [5.41, 5.74) is 3.22. The Bertz CT molecular complexity index is 752. The lowest BCUT2D eigenvalue weighted by Crippen LogP contribution is -2.33. The molecule has 1 aromatic carbocycles. The molecule has 0 saturated carbocycles. The summed E-state index contributed by atoms with van der Waals surface area (Å²) < 4.78 is 5.67. The minimum atomic E-state index is -0.127. The fourth-order valence-electron chi connectivity index (χ4n) is 2.61. The summed E-state index contributed by atoms with van der Waals surface area (Å²) in [6.45, 7) is 2.32. The monoisotopic (exact) mass is 365 g/mol. The lowest BCUT2D eigenvalue weighted by Gasteiger charge is -2.11. The van der Waals surface area contributed by atoms with Gasteiger partial charge in [-0.25, -0.2) is 5.43 Å². The first-order chi connectivity index (χ1) is 11.6. The molecule has 0 radical (unpaired) electrons. The van der Waals surface area contributed by atoms with Crippen molar-refractivity contribution in [2.24, 2.45) is 5.10 Å². The van der Waals surface area contributed by atoms with Gasteiger partial charge in [-0.3, -0.25) is 9.69 Å². The second-order valence-corrected chi connectivity index (χ2v) is 6.36. The molecular formula is C17H17Cl2N3O2. The molecule has 2 aromatic rings. The molecule has 0 bridgehead atoms. The van der Waals surface area contributed by atoms with Gasteiger partial charge in [0.05, 0.1) is 22.8 Å². The quantitative estimate of drug-likeness (QED) is 0.647. The molecular weight excluding hydrogens is 349 g/mol. The topological polar surface area (TPSA) is 57.8 Å². The SMILES string of the molecule is O=C(CN1CCCC1)N/N=C/c1ccc(-c2cccc(Cl)c2Cl)o1. The summed E-state index contributed by atoms with van der Waals surface area (Å²) in [7, 11) is 0. The lowest BCUT2D eigenvalue weighted by atomic mass is 10.2. The van der Waals surface area contributed by atoms with Crippen LogP contribution in [0.25, 0.3) is 11.3 Å². The van der Waals surface area contributed by atoms with Gasteiger partial charge in [0.25, 0.3) is 5.91 Å². The Labute approximate surface area is 150 Å². The minimum absolute atomic E-state index is 0.127. The second-order valence-electron chi connectivity index (χ2n) is 5.58. The molecule has 24 heavy (non-hydrogen) atoms. The van der Waals surface area contributed by atoms with Gasteiger partial charge in [0.1, 0.15) is 11.5 Å².